The maximum absolute atomic E-state index is 5.96. The van der Waals surface area contributed by atoms with E-state index in [4.69, 9.17) is 11.6 Å². The lowest BCUT2D eigenvalue weighted by Gasteiger charge is -2.30. The molecule has 0 aliphatic carbocycles. The van der Waals surface area contributed by atoms with E-state index in [1.165, 1.54) is 31.5 Å². The number of piperidine rings is 1. The highest BCUT2D eigenvalue weighted by molar-refractivity contribution is 6.30. The predicted octanol–water partition coefficient (Wildman–Crippen LogP) is 6.08. The largest absolute Gasteiger partial charge is 0.303 e. The molecule has 0 saturated carbocycles. The molecule has 0 N–H and O–H groups in total. The average Bonchev–Trinajstić information content (AvgIpc) is 2.79. The van der Waals surface area contributed by atoms with Crippen LogP contribution in [-0.4, -0.2) is 29.5 Å². The zero-order chi connectivity index (χ0) is 20.8. The van der Waals surface area contributed by atoms with Gasteiger partial charge in [0.2, 0.25) is 0 Å². The lowest BCUT2D eigenvalue weighted by molar-refractivity contribution is 0.194. The van der Waals surface area contributed by atoms with Crippen molar-refractivity contribution in [1.29, 1.82) is 0 Å². The lowest BCUT2D eigenvalue weighted by Crippen LogP contribution is -2.34. The maximum Gasteiger partial charge on any atom is 0.113 e. The van der Waals surface area contributed by atoms with E-state index >= 15 is 0 Å². The van der Waals surface area contributed by atoms with Crippen LogP contribution in [0.4, 0.5) is 0 Å². The van der Waals surface area contributed by atoms with Gasteiger partial charge in [-0.2, -0.15) is 0 Å². The fourth-order valence-corrected chi connectivity index (χ4v) is 3.87. The van der Waals surface area contributed by atoms with Crippen LogP contribution in [0.1, 0.15) is 36.6 Å². The highest BCUT2D eigenvalue weighted by Crippen LogP contribution is 2.21. The molecule has 1 fully saturated rings. The Hall–Kier alpha value is -2.60. The Morgan fingerprint density at radius 3 is 2.27 bits per heavy atom. The van der Waals surface area contributed by atoms with Crippen LogP contribution < -0.4 is 0 Å². The molecule has 1 aromatic heterocycles. The van der Waals surface area contributed by atoms with Gasteiger partial charge in [-0.1, -0.05) is 54.8 Å². The van der Waals surface area contributed by atoms with Gasteiger partial charge in [-0.15, -0.1) is 0 Å². The molecule has 30 heavy (non-hydrogen) atoms. The quantitative estimate of drug-likeness (QED) is 0.481. The molecule has 1 aliphatic heterocycles. The fraction of sp³-hybridized carbons (Fsp3) is 0.296. The molecule has 4 rings (SSSR count). The molecule has 0 atom stereocenters. The molecular weight excluding hydrogens is 388 g/mol. The predicted molar refractivity (Wildman–Crippen MR) is 126 cm³/mol. The van der Waals surface area contributed by atoms with Gasteiger partial charge in [0.1, 0.15) is 5.69 Å². The van der Waals surface area contributed by atoms with Crippen LogP contribution >= 0.6 is 11.6 Å². The number of benzene rings is 2. The van der Waals surface area contributed by atoms with Crippen molar-refractivity contribution in [2.45, 2.75) is 26.2 Å². The first-order chi connectivity index (χ1) is 14.7. The smallest absolute Gasteiger partial charge is 0.113 e. The van der Waals surface area contributed by atoms with Crippen molar-refractivity contribution in [1.82, 2.24) is 9.88 Å². The SMILES string of the molecule is CC1CCN(CCc2ccc(C#Cc3ccc(-c4ccc(Cl)cc4)cn3)cc2)CC1. The average molecular weight is 415 g/mol. The highest BCUT2D eigenvalue weighted by Gasteiger charge is 2.14. The minimum Gasteiger partial charge on any atom is -0.303 e. The third-order valence-corrected chi connectivity index (χ3v) is 6.07. The van der Waals surface area contributed by atoms with Crippen LogP contribution in [0.15, 0.2) is 66.9 Å². The van der Waals surface area contributed by atoms with Crippen molar-refractivity contribution in [3.8, 4) is 23.0 Å². The zero-order valence-corrected chi connectivity index (χ0v) is 18.2. The Balaban J connectivity index is 1.33. The summed E-state index contributed by atoms with van der Waals surface area (Å²) < 4.78 is 0. The van der Waals surface area contributed by atoms with Crippen LogP contribution in [0, 0.1) is 17.8 Å². The van der Waals surface area contributed by atoms with E-state index in [0.717, 1.165) is 46.3 Å². The van der Waals surface area contributed by atoms with Gasteiger partial charge in [0.25, 0.3) is 0 Å². The molecule has 3 aromatic rings. The Bertz CT molecular complexity index is 1000. The van der Waals surface area contributed by atoms with E-state index in [2.05, 4.69) is 52.9 Å². The number of nitrogens with zero attached hydrogens (tertiary/aromatic N) is 2. The monoisotopic (exact) mass is 414 g/mol. The van der Waals surface area contributed by atoms with Crippen LogP contribution in [0.3, 0.4) is 0 Å². The lowest BCUT2D eigenvalue weighted by atomic mass is 9.99. The number of halogens is 1. The Morgan fingerprint density at radius 2 is 1.60 bits per heavy atom. The van der Waals surface area contributed by atoms with Crippen molar-refractivity contribution in [2.24, 2.45) is 5.92 Å². The van der Waals surface area contributed by atoms with E-state index < -0.39 is 0 Å². The van der Waals surface area contributed by atoms with Gasteiger partial charge < -0.3 is 4.90 Å². The van der Waals surface area contributed by atoms with Crippen molar-refractivity contribution in [2.75, 3.05) is 19.6 Å². The summed E-state index contributed by atoms with van der Waals surface area (Å²) in [6.07, 6.45) is 5.64. The molecule has 0 spiro atoms. The van der Waals surface area contributed by atoms with E-state index in [1.54, 1.807) is 0 Å². The van der Waals surface area contributed by atoms with Crippen molar-refractivity contribution in [3.05, 3.63) is 88.7 Å². The molecule has 0 radical (unpaired) electrons. The molecule has 2 heterocycles. The van der Waals surface area contributed by atoms with Crippen molar-refractivity contribution in [3.63, 3.8) is 0 Å². The number of rotatable bonds is 4. The highest BCUT2D eigenvalue weighted by atomic mass is 35.5. The summed E-state index contributed by atoms with van der Waals surface area (Å²) in [6.45, 7) is 6.01. The summed E-state index contributed by atoms with van der Waals surface area (Å²) in [4.78, 5) is 7.07. The van der Waals surface area contributed by atoms with Crippen LogP contribution in [0.2, 0.25) is 5.02 Å². The summed E-state index contributed by atoms with van der Waals surface area (Å²) in [5.41, 5.74) is 5.33. The van der Waals surface area contributed by atoms with E-state index in [0.29, 0.717) is 0 Å². The van der Waals surface area contributed by atoms with Gasteiger partial charge in [-0.25, -0.2) is 4.98 Å². The van der Waals surface area contributed by atoms with Gasteiger partial charge in [0, 0.05) is 28.9 Å². The number of likely N-dealkylation sites (tertiary alicyclic amines) is 1. The molecule has 1 aliphatic rings. The second-order valence-electron chi connectivity index (χ2n) is 8.16. The summed E-state index contributed by atoms with van der Waals surface area (Å²) in [5, 5.41) is 0.737. The second-order valence-corrected chi connectivity index (χ2v) is 8.60. The number of pyridine rings is 1. The molecule has 2 aromatic carbocycles. The minimum absolute atomic E-state index is 0.737. The normalized spacial score (nSPS) is 14.9. The molecular formula is C27H27ClN2. The molecule has 3 heteroatoms. The summed E-state index contributed by atoms with van der Waals surface area (Å²) in [6, 6.07) is 20.4. The first kappa shape index (κ1) is 20.7. The van der Waals surface area contributed by atoms with Gasteiger partial charge in [-0.3, -0.25) is 0 Å². The van der Waals surface area contributed by atoms with E-state index in [-0.39, 0.29) is 0 Å². The van der Waals surface area contributed by atoms with Gasteiger partial charge >= 0.3 is 0 Å². The third kappa shape index (κ3) is 5.72. The van der Waals surface area contributed by atoms with Gasteiger partial charge in [-0.05, 0) is 85.6 Å². The number of hydrogen-bond donors (Lipinski definition) is 0. The molecule has 152 valence electrons. The Kier molecular flexibility index (Phi) is 6.84. The van der Waals surface area contributed by atoms with Crippen LogP contribution in [0.25, 0.3) is 11.1 Å². The molecule has 0 unspecified atom stereocenters. The minimum atomic E-state index is 0.737. The van der Waals surface area contributed by atoms with E-state index in [9.17, 15) is 0 Å². The molecule has 2 nitrogen and oxygen atoms in total. The topological polar surface area (TPSA) is 16.1 Å². The van der Waals surface area contributed by atoms with Crippen molar-refractivity contribution < 1.29 is 0 Å². The third-order valence-electron chi connectivity index (χ3n) is 5.82. The first-order valence-corrected chi connectivity index (χ1v) is 11.1. The molecule has 0 amide bonds. The van der Waals surface area contributed by atoms with Crippen molar-refractivity contribution >= 4 is 11.6 Å². The van der Waals surface area contributed by atoms with Gasteiger partial charge in [0.05, 0.1) is 0 Å². The summed E-state index contributed by atoms with van der Waals surface area (Å²) >= 11 is 5.96. The Morgan fingerprint density at radius 1 is 0.900 bits per heavy atom. The first-order valence-electron chi connectivity index (χ1n) is 10.7. The number of hydrogen-bond acceptors (Lipinski definition) is 2. The van der Waals surface area contributed by atoms with Gasteiger partial charge in [0.15, 0.2) is 0 Å². The fourth-order valence-electron chi connectivity index (χ4n) is 3.74. The zero-order valence-electron chi connectivity index (χ0n) is 17.4. The second kappa shape index (κ2) is 9.94. The number of aromatic nitrogens is 1. The summed E-state index contributed by atoms with van der Waals surface area (Å²) in [7, 11) is 0. The van der Waals surface area contributed by atoms with Crippen LogP contribution in [-0.2, 0) is 6.42 Å². The summed E-state index contributed by atoms with van der Waals surface area (Å²) in [5.74, 6) is 7.28. The standard InChI is InChI=1S/C27H27ClN2/c1-21-14-17-30(18-15-21)19-16-23-4-2-22(3-5-23)6-12-27-13-9-25(20-29-27)24-7-10-26(28)11-8-24/h2-5,7-11,13,20-21H,14-19H2,1H3. The molecule has 1 saturated heterocycles. The maximum atomic E-state index is 5.96. The van der Waals surface area contributed by atoms with E-state index in [1.807, 2.05) is 42.6 Å². The Labute approximate surface area is 184 Å². The van der Waals surface area contributed by atoms with Crippen LogP contribution in [0.5, 0.6) is 0 Å². The molecule has 0 bridgehead atoms.